The third-order valence-corrected chi connectivity index (χ3v) is 6.99. The average molecular weight is 494 g/mol. The van der Waals surface area contributed by atoms with Crippen molar-refractivity contribution >= 4 is 52.9 Å². The Labute approximate surface area is 210 Å². The summed E-state index contributed by atoms with van der Waals surface area (Å²) in [4.78, 5) is 37.7. The number of nitrogens with zero attached hydrogens (tertiary/aromatic N) is 6. The first kappa shape index (κ1) is 24.1. The van der Waals surface area contributed by atoms with Gasteiger partial charge in [-0.1, -0.05) is 28.5 Å². The van der Waals surface area contributed by atoms with Crippen molar-refractivity contribution in [2.45, 2.75) is 23.0 Å². The monoisotopic (exact) mass is 493 g/mol. The van der Waals surface area contributed by atoms with E-state index < -0.39 is 29.2 Å². The molecule has 2 aromatic heterocycles. The SMILES string of the molecule is Cn1nnnc1SCC1=C(C(=O)[O-])N2C(=O)[C@H](NC(=O)Cc3cc(Cl)no3)[C@H]2SC1.[Na+]. The molecular weight excluding hydrogens is 481 g/mol. The van der Waals surface area contributed by atoms with Crippen molar-refractivity contribution in [3.05, 3.63) is 28.2 Å². The summed E-state index contributed by atoms with van der Waals surface area (Å²) in [7, 11) is 1.67. The van der Waals surface area contributed by atoms with Gasteiger partial charge in [0.15, 0.2) is 5.15 Å². The zero-order chi connectivity index (χ0) is 21.4. The molecule has 31 heavy (non-hydrogen) atoms. The van der Waals surface area contributed by atoms with Crippen molar-refractivity contribution in [2.75, 3.05) is 11.5 Å². The van der Waals surface area contributed by atoms with E-state index in [2.05, 4.69) is 26.0 Å². The second-order valence-corrected chi connectivity index (χ2v) is 8.80. The first-order valence-corrected chi connectivity index (χ1v) is 10.9. The maximum absolute atomic E-state index is 12.6. The molecule has 4 rings (SSSR count). The number of nitrogens with one attached hydrogen (secondary N) is 1. The molecule has 2 aliphatic heterocycles. The molecule has 2 amide bonds. The summed E-state index contributed by atoms with van der Waals surface area (Å²) in [6.07, 6.45) is -0.141. The molecule has 0 aliphatic carbocycles. The number of rotatable bonds is 7. The molecule has 12 nitrogen and oxygen atoms in total. The zero-order valence-electron chi connectivity index (χ0n) is 16.3. The van der Waals surface area contributed by atoms with Gasteiger partial charge < -0.3 is 19.7 Å². The van der Waals surface area contributed by atoms with Crippen LogP contribution in [-0.4, -0.2) is 71.0 Å². The van der Waals surface area contributed by atoms with Crippen LogP contribution in [0.1, 0.15) is 5.76 Å². The predicted octanol–water partition coefficient (Wildman–Crippen LogP) is -4.41. The zero-order valence-corrected chi connectivity index (χ0v) is 20.7. The van der Waals surface area contributed by atoms with Crippen LogP contribution in [0.5, 0.6) is 0 Å². The van der Waals surface area contributed by atoms with Gasteiger partial charge in [-0.15, -0.1) is 16.9 Å². The standard InChI is InChI=1S/C15H14ClN7O5S2.Na/c1-22-15(18-20-21-22)30-5-6-4-29-13-10(12(25)23(13)11(6)14(26)27)17-9(24)3-7-2-8(16)19-28-7;/h2,10,13H,3-5H2,1H3,(H,17,24)(H,26,27);/q;+1/p-1/t10-,13+;/m0./s1. The number of hydrogen-bond acceptors (Lipinski definition) is 11. The van der Waals surface area contributed by atoms with Crippen molar-refractivity contribution in [1.82, 2.24) is 35.6 Å². The summed E-state index contributed by atoms with van der Waals surface area (Å²) in [5, 5.41) is 29.0. The Kier molecular flexibility index (Phi) is 7.70. The summed E-state index contributed by atoms with van der Waals surface area (Å²) in [6.45, 7) is 0. The number of tetrazole rings is 1. The Balaban J connectivity index is 0.00000272. The Bertz CT molecular complexity index is 1060. The average Bonchev–Trinajstić information content (AvgIpc) is 3.31. The fraction of sp³-hybridized carbons (Fsp3) is 0.400. The summed E-state index contributed by atoms with van der Waals surface area (Å²) >= 11 is 8.26. The summed E-state index contributed by atoms with van der Waals surface area (Å²) in [5.41, 5.74) is 0.359. The fourth-order valence-corrected chi connectivity index (χ4v) is 5.52. The van der Waals surface area contributed by atoms with E-state index in [1.807, 2.05) is 0 Å². The molecule has 1 fully saturated rings. The number of hydrogen-bond donors (Lipinski definition) is 1. The molecule has 1 N–H and O–H groups in total. The third kappa shape index (κ3) is 4.93. The molecule has 0 spiro atoms. The van der Waals surface area contributed by atoms with Crippen LogP contribution in [-0.2, 0) is 27.9 Å². The minimum Gasteiger partial charge on any atom is -0.543 e. The van der Waals surface area contributed by atoms with E-state index in [9.17, 15) is 19.5 Å². The first-order chi connectivity index (χ1) is 14.3. The van der Waals surface area contributed by atoms with Gasteiger partial charge >= 0.3 is 29.6 Å². The number of carboxylic acids is 1. The Morgan fingerprint density at radius 2 is 2.26 bits per heavy atom. The van der Waals surface area contributed by atoms with E-state index in [1.54, 1.807) is 7.05 Å². The third-order valence-electron chi connectivity index (χ3n) is 4.38. The van der Waals surface area contributed by atoms with Crippen LogP contribution < -0.4 is 40.0 Å². The van der Waals surface area contributed by atoms with E-state index in [0.29, 0.717) is 16.5 Å². The van der Waals surface area contributed by atoms with Gasteiger partial charge in [0.1, 0.15) is 17.2 Å². The topological polar surface area (TPSA) is 159 Å². The van der Waals surface area contributed by atoms with Crippen LogP contribution >= 0.6 is 35.1 Å². The van der Waals surface area contributed by atoms with Crippen LogP contribution in [0.3, 0.4) is 0 Å². The number of thioether (sulfide) groups is 2. The summed E-state index contributed by atoms with van der Waals surface area (Å²) in [6, 6.07) is 0.561. The molecule has 158 valence electrons. The number of amides is 2. The van der Waals surface area contributed by atoms with Crippen LogP contribution in [0, 0.1) is 0 Å². The van der Waals surface area contributed by atoms with E-state index in [4.69, 9.17) is 16.1 Å². The molecule has 2 aliphatic rings. The minimum absolute atomic E-state index is 0. The number of carboxylic acid groups (broad SMARTS) is 1. The van der Waals surface area contributed by atoms with E-state index >= 15 is 0 Å². The Morgan fingerprint density at radius 1 is 1.48 bits per heavy atom. The van der Waals surface area contributed by atoms with Crippen molar-refractivity contribution < 1.29 is 53.6 Å². The van der Waals surface area contributed by atoms with Gasteiger partial charge in [-0.3, -0.25) is 14.5 Å². The molecule has 2 aromatic rings. The van der Waals surface area contributed by atoms with Crippen molar-refractivity contribution in [3.63, 3.8) is 0 Å². The van der Waals surface area contributed by atoms with Gasteiger partial charge in [0, 0.05) is 24.6 Å². The van der Waals surface area contributed by atoms with Crippen molar-refractivity contribution in [3.8, 4) is 0 Å². The van der Waals surface area contributed by atoms with Gasteiger partial charge in [-0.2, -0.15) is 0 Å². The van der Waals surface area contributed by atoms with Gasteiger partial charge in [-0.25, -0.2) is 4.68 Å². The molecule has 0 aromatic carbocycles. The van der Waals surface area contributed by atoms with Gasteiger partial charge in [-0.05, 0) is 16.0 Å². The molecule has 0 unspecified atom stereocenters. The number of carbonyl (C=O) groups excluding carboxylic acids is 3. The van der Waals surface area contributed by atoms with Crippen LogP contribution in [0.2, 0.25) is 5.15 Å². The smallest absolute Gasteiger partial charge is 0.543 e. The maximum Gasteiger partial charge on any atom is 1.00 e. The fourth-order valence-electron chi connectivity index (χ4n) is 3.03. The number of aromatic nitrogens is 5. The number of halogens is 1. The molecule has 0 saturated carbocycles. The molecule has 16 heteroatoms. The van der Waals surface area contributed by atoms with E-state index in [-0.39, 0.29) is 58.3 Å². The van der Waals surface area contributed by atoms with Crippen LogP contribution in [0.4, 0.5) is 0 Å². The minimum atomic E-state index is -1.44. The Hall–Kier alpha value is -1.58. The summed E-state index contributed by atoms with van der Waals surface area (Å²) in [5.74, 6) is -1.52. The van der Waals surface area contributed by atoms with Gasteiger partial charge in [0.2, 0.25) is 11.1 Å². The summed E-state index contributed by atoms with van der Waals surface area (Å²) < 4.78 is 6.34. The molecular formula is C15H13ClN7NaO5S2. The number of carbonyl (C=O) groups is 3. The second kappa shape index (κ2) is 9.92. The second-order valence-electron chi connectivity index (χ2n) is 6.36. The number of β-lactam (4-membered cyclic amide) rings is 1. The van der Waals surface area contributed by atoms with Crippen LogP contribution in [0.15, 0.2) is 27.0 Å². The van der Waals surface area contributed by atoms with E-state index in [0.717, 1.165) is 4.90 Å². The van der Waals surface area contributed by atoms with Gasteiger partial charge in [0.25, 0.3) is 5.91 Å². The van der Waals surface area contributed by atoms with Crippen molar-refractivity contribution in [1.29, 1.82) is 0 Å². The predicted molar refractivity (Wildman–Crippen MR) is 102 cm³/mol. The maximum atomic E-state index is 12.6. The van der Waals surface area contributed by atoms with E-state index in [1.165, 1.54) is 34.3 Å². The largest absolute Gasteiger partial charge is 1.00 e. The molecule has 0 bridgehead atoms. The quantitative estimate of drug-likeness (QED) is 0.225. The normalized spacial score (nSPS) is 20.1. The molecule has 0 radical (unpaired) electrons. The number of fused-ring (bicyclic) bond motifs is 1. The molecule has 4 heterocycles. The Morgan fingerprint density at radius 3 is 2.87 bits per heavy atom. The first-order valence-electron chi connectivity index (χ1n) is 8.49. The molecule has 1 saturated heterocycles. The number of aryl methyl sites for hydroxylation is 1. The number of aliphatic carboxylic acids is 1. The van der Waals surface area contributed by atoms with Gasteiger partial charge in [0.05, 0.1) is 18.1 Å². The van der Waals surface area contributed by atoms with Crippen molar-refractivity contribution in [2.24, 2.45) is 7.05 Å². The van der Waals surface area contributed by atoms with Crippen LogP contribution in [0.25, 0.3) is 0 Å². The molecule has 2 atom stereocenters.